The van der Waals surface area contributed by atoms with Gasteiger partial charge in [-0.05, 0) is 6.07 Å². The van der Waals surface area contributed by atoms with Gasteiger partial charge in [0.2, 0.25) is 0 Å². The number of pyridine rings is 1. The Labute approximate surface area is 113 Å². The van der Waals surface area contributed by atoms with E-state index in [1.807, 2.05) is 0 Å². The Morgan fingerprint density at radius 1 is 1.44 bits per heavy atom. The number of aromatic nitrogens is 1. The molecule has 1 heterocycles. The molecule has 0 bridgehead atoms. The number of hydrogen-bond acceptors (Lipinski definition) is 4. The molecule has 1 rings (SSSR count). The number of carbonyl (C=O) groups excluding carboxylic acids is 1. The molecule has 1 unspecified atom stereocenters. The highest BCUT2D eigenvalue weighted by molar-refractivity contribution is 6.35. The van der Waals surface area contributed by atoms with Crippen LogP contribution < -0.4 is 5.32 Å². The Morgan fingerprint density at radius 3 is 2.67 bits per heavy atom. The van der Waals surface area contributed by atoms with Crippen LogP contribution in [-0.2, 0) is 4.79 Å². The lowest BCUT2D eigenvalue weighted by molar-refractivity contribution is -0.139. The third-order valence-corrected chi connectivity index (χ3v) is 2.60. The summed E-state index contributed by atoms with van der Waals surface area (Å²) < 4.78 is 0. The largest absolute Gasteiger partial charge is 0.480 e. The van der Waals surface area contributed by atoms with E-state index >= 15 is 0 Å². The van der Waals surface area contributed by atoms with E-state index in [9.17, 15) is 9.59 Å². The molecule has 18 heavy (non-hydrogen) atoms. The van der Waals surface area contributed by atoms with Crippen LogP contribution in [0.3, 0.4) is 0 Å². The number of aliphatic hydroxyl groups is 1. The molecule has 0 radical (unpaired) electrons. The van der Waals surface area contributed by atoms with Crippen LogP contribution in [0.1, 0.15) is 16.8 Å². The summed E-state index contributed by atoms with van der Waals surface area (Å²) in [5.41, 5.74) is 0.0286. The van der Waals surface area contributed by atoms with Gasteiger partial charge in [-0.3, -0.25) is 4.79 Å². The Balaban J connectivity index is 2.86. The third-order valence-electron chi connectivity index (χ3n) is 2.09. The van der Waals surface area contributed by atoms with E-state index in [0.717, 1.165) is 0 Å². The SMILES string of the molecule is O=C(NC(CCO)C(=O)O)c1cc(Cl)ncc1Cl. The molecule has 0 aliphatic carbocycles. The molecule has 1 aromatic rings. The number of carboxylic acids is 1. The summed E-state index contributed by atoms with van der Waals surface area (Å²) in [4.78, 5) is 26.3. The number of hydrogen-bond donors (Lipinski definition) is 3. The minimum Gasteiger partial charge on any atom is -0.480 e. The van der Waals surface area contributed by atoms with E-state index in [-0.39, 0.29) is 28.8 Å². The van der Waals surface area contributed by atoms with E-state index in [0.29, 0.717) is 0 Å². The van der Waals surface area contributed by atoms with Crippen molar-refractivity contribution >= 4 is 35.1 Å². The van der Waals surface area contributed by atoms with Crippen LogP contribution in [0.15, 0.2) is 12.3 Å². The van der Waals surface area contributed by atoms with E-state index in [1.165, 1.54) is 12.3 Å². The van der Waals surface area contributed by atoms with Gasteiger partial charge in [0.15, 0.2) is 0 Å². The van der Waals surface area contributed by atoms with Gasteiger partial charge < -0.3 is 15.5 Å². The zero-order valence-corrected chi connectivity index (χ0v) is 10.6. The molecule has 98 valence electrons. The predicted molar refractivity (Wildman–Crippen MR) is 64.8 cm³/mol. The number of aliphatic hydroxyl groups excluding tert-OH is 1. The van der Waals surface area contributed by atoms with E-state index in [4.69, 9.17) is 33.4 Å². The second kappa shape index (κ2) is 6.53. The molecule has 1 aromatic heterocycles. The summed E-state index contributed by atoms with van der Waals surface area (Å²) in [6.07, 6.45) is 1.10. The zero-order valence-electron chi connectivity index (χ0n) is 9.06. The zero-order chi connectivity index (χ0) is 13.7. The average Bonchev–Trinajstić information content (AvgIpc) is 2.31. The maximum absolute atomic E-state index is 11.8. The number of nitrogens with one attached hydrogen (secondary N) is 1. The molecule has 0 spiro atoms. The molecular weight excluding hydrogens is 283 g/mol. The number of carboxylic acid groups (broad SMARTS) is 1. The van der Waals surface area contributed by atoms with Crippen molar-refractivity contribution in [1.82, 2.24) is 10.3 Å². The van der Waals surface area contributed by atoms with Gasteiger partial charge in [0.05, 0.1) is 10.6 Å². The van der Waals surface area contributed by atoms with Gasteiger partial charge in [-0.25, -0.2) is 9.78 Å². The van der Waals surface area contributed by atoms with Crippen molar-refractivity contribution in [3.63, 3.8) is 0 Å². The minimum atomic E-state index is -1.24. The molecule has 0 aromatic carbocycles. The van der Waals surface area contributed by atoms with Crippen molar-refractivity contribution in [3.05, 3.63) is 28.0 Å². The molecule has 0 fully saturated rings. The van der Waals surface area contributed by atoms with Gasteiger partial charge in [-0.15, -0.1) is 0 Å². The van der Waals surface area contributed by atoms with E-state index in [2.05, 4.69) is 10.3 Å². The summed E-state index contributed by atoms with van der Waals surface area (Å²) in [5, 5.41) is 19.9. The quantitative estimate of drug-likeness (QED) is 0.702. The molecule has 0 aliphatic heterocycles. The number of amides is 1. The summed E-state index contributed by atoms with van der Waals surface area (Å²) in [6, 6.07) is 0.0439. The fourth-order valence-electron chi connectivity index (χ4n) is 1.21. The number of carbonyl (C=O) groups is 2. The minimum absolute atomic E-state index is 0.0286. The van der Waals surface area contributed by atoms with Crippen molar-refractivity contribution in [3.8, 4) is 0 Å². The molecular formula is C10H10Cl2N2O4. The molecule has 6 nitrogen and oxygen atoms in total. The standard InChI is InChI=1S/C10H10Cl2N2O4/c11-6-4-13-8(12)3-5(6)9(16)14-7(1-2-15)10(17)18/h3-4,7,15H,1-2H2,(H,14,16)(H,17,18). The van der Waals surface area contributed by atoms with Crippen LogP contribution in [0.5, 0.6) is 0 Å². The first-order valence-electron chi connectivity index (χ1n) is 4.91. The first-order chi connectivity index (χ1) is 8.45. The highest BCUT2D eigenvalue weighted by atomic mass is 35.5. The Bertz CT molecular complexity index is 467. The molecule has 1 atom stereocenters. The fraction of sp³-hybridized carbons (Fsp3) is 0.300. The van der Waals surface area contributed by atoms with Gasteiger partial charge in [-0.2, -0.15) is 0 Å². The summed E-state index contributed by atoms with van der Waals surface area (Å²) >= 11 is 11.4. The van der Waals surface area contributed by atoms with E-state index < -0.39 is 17.9 Å². The highest BCUT2D eigenvalue weighted by Gasteiger charge is 2.21. The molecule has 1 amide bonds. The summed E-state index contributed by atoms with van der Waals surface area (Å²) in [7, 11) is 0. The number of nitrogens with zero attached hydrogens (tertiary/aromatic N) is 1. The molecule has 0 saturated carbocycles. The average molecular weight is 293 g/mol. The maximum Gasteiger partial charge on any atom is 0.326 e. The second-order valence-electron chi connectivity index (χ2n) is 3.36. The summed E-state index contributed by atoms with van der Waals surface area (Å²) in [5.74, 6) is -1.93. The van der Waals surface area contributed by atoms with Crippen LogP contribution in [0.25, 0.3) is 0 Å². The number of halogens is 2. The van der Waals surface area contributed by atoms with Crippen molar-refractivity contribution in [2.45, 2.75) is 12.5 Å². The lowest BCUT2D eigenvalue weighted by Gasteiger charge is -2.13. The second-order valence-corrected chi connectivity index (χ2v) is 4.16. The highest BCUT2D eigenvalue weighted by Crippen LogP contribution is 2.18. The van der Waals surface area contributed by atoms with Gasteiger partial charge in [-0.1, -0.05) is 23.2 Å². The van der Waals surface area contributed by atoms with Crippen LogP contribution >= 0.6 is 23.2 Å². The predicted octanol–water partition coefficient (Wildman–Crippen LogP) is 0.954. The van der Waals surface area contributed by atoms with Gasteiger partial charge in [0, 0.05) is 19.2 Å². The Morgan fingerprint density at radius 2 is 2.11 bits per heavy atom. The Kier molecular flexibility index (Phi) is 5.33. The molecule has 8 heteroatoms. The topological polar surface area (TPSA) is 99.5 Å². The number of rotatable bonds is 5. The van der Waals surface area contributed by atoms with Crippen LogP contribution in [0.2, 0.25) is 10.2 Å². The lowest BCUT2D eigenvalue weighted by Crippen LogP contribution is -2.41. The van der Waals surface area contributed by atoms with Crippen LogP contribution in [0.4, 0.5) is 0 Å². The van der Waals surface area contributed by atoms with Crippen molar-refractivity contribution in [2.75, 3.05) is 6.61 Å². The number of aliphatic carboxylic acids is 1. The van der Waals surface area contributed by atoms with E-state index in [1.54, 1.807) is 0 Å². The summed E-state index contributed by atoms with van der Waals surface area (Å²) in [6.45, 7) is -0.359. The smallest absolute Gasteiger partial charge is 0.326 e. The fourth-order valence-corrected chi connectivity index (χ4v) is 1.56. The molecule has 0 saturated heterocycles. The van der Waals surface area contributed by atoms with Crippen molar-refractivity contribution in [1.29, 1.82) is 0 Å². The van der Waals surface area contributed by atoms with Crippen molar-refractivity contribution in [2.24, 2.45) is 0 Å². The van der Waals surface area contributed by atoms with Gasteiger partial charge in [0.25, 0.3) is 5.91 Å². The molecule has 3 N–H and O–H groups in total. The monoisotopic (exact) mass is 292 g/mol. The lowest BCUT2D eigenvalue weighted by atomic mass is 10.2. The Hall–Kier alpha value is -1.37. The van der Waals surface area contributed by atoms with Crippen LogP contribution in [-0.4, -0.2) is 39.7 Å². The van der Waals surface area contributed by atoms with Gasteiger partial charge in [0.1, 0.15) is 11.2 Å². The van der Waals surface area contributed by atoms with Crippen LogP contribution in [0, 0.1) is 0 Å². The van der Waals surface area contributed by atoms with Gasteiger partial charge >= 0.3 is 5.97 Å². The molecule has 0 aliphatic rings. The first kappa shape index (κ1) is 14.7. The maximum atomic E-state index is 11.8. The first-order valence-corrected chi connectivity index (χ1v) is 5.67. The van der Waals surface area contributed by atoms with Crippen molar-refractivity contribution < 1.29 is 19.8 Å². The normalized spacial score (nSPS) is 11.9. The third kappa shape index (κ3) is 3.83.